The van der Waals surface area contributed by atoms with Crippen LogP contribution in [0.25, 0.3) is 6.08 Å². The number of nitrogens with zero attached hydrogens (tertiary/aromatic N) is 2. The lowest BCUT2D eigenvalue weighted by Crippen LogP contribution is -2.41. The van der Waals surface area contributed by atoms with Gasteiger partial charge in [-0.05, 0) is 29.8 Å². The highest BCUT2D eigenvalue weighted by molar-refractivity contribution is 5.92. The second-order valence-corrected chi connectivity index (χ2v) is 6.33. The zero-order chi connectivity index (χ0) is 17.9. The molecule has 0 fully saturated rings. The molecule has 1 aliphatic rings. The van der Waals surface area contributed by atoms with E-state index in [0.29, 0.717) is 18.7 Å². The number of fused-ring (bicyclic) bond motifs is 1. The van der Waals surface area contributed by atoms with E-state index in [-0.39, 0.29) is 11.7 Å². The standard InChI is InChI=1S/C22H19FN2O/c23-19-10-5-4-9-18(19)22-20-11-6-14-24(20)15-16-25(22)21(26)13-12-17-7-2-1-3-8-17/h1-14,22H,15-16H2. The van der Waals surface area contributed by atoms with Gasteiger partial charge in [0.1, 0.15) is 11.9 Å². The Kier molecular flexibility index (Phi) is 4.40. The van der Waals surface area contributed by atoms with Crippen LogP contribution in [0.4, 0.5) is 4.39 Å². The third-order valence-electron chi connectivity index (χ3n) is 4.74. The summed E-state index contributed by atoms with van der Waals surface area (Å²) in [6.07, 6.45) is 5.35. The lowest BCUT2D eigenvalue weighted by Gasteiger charge is -2.37. The van der Waals surface area contributed by atoms with Gasteiger partial charge in [-0.25, -0.2) is 4.39 Å². The first-order chi connectivity index (χ1) is 12.7. The number of rotatable bonds is 3. The van der Waals surface area contributed by atoms with Crippen LogP contribution < -0.4 is 0 Å². The van der Waals surface area contributed by atoms with Gasteiger partial charge in [0, 0.05) is 36.6 Å². The monoisotopic (exact) mass is 346 g/mol. The fourth-order valence-corrected chi connectivity index (χ4v) is 3.47. The quantitative estimate of drug-likeness (QED) is 0.650. The van der Waals surface area contributed by atoms with Crippen LogP contribution in [0.5, 0.6) is 0 Å². The zero-order valence-corrected chi connectivity index (χ0v) is 14.3. The molecule has 130 valence electrons. The smallest absolute Gasteiger partial charge is 0.247 e. The highest BCUT2D eigenvalue weighted by atomic mass is 19.1. The van der Waals surface area contributed by atoms with E-state index in [9.17, 15) is 9.18 Å². The van der Waals surface area contributed by atoms with Crippen LogP contribution in [0, 0.1) is 5.82 Å². The van der Waals surface area contributed by atoms with Crippen LogP contribution in [-0.4, -0.2) is 21.9 Å². The minimum Gasteiger partial charge on any atom is -0.348 e. The molecule has 0 N–H and O–H groups in total. The van der Waals surface area contributed by atoms with Crippen LogP contribution in [0.15, 0.2) is 79.0 Å². The van der Waals surface area contributed by atoms with Crippen molar-refractivity contribution in [3.63, 3.8) is 0 Å². The average Bonchev–Trinajstić information content (AvgIpc) is 3.15. The van der Waals surface area contributed by atoms with Crippen molar-refractivity contribution in [2.45, 2.75) is 12.6 Å². The van der Waals surface area contributed by atoms with Gasteiger partial charge in [0.25, 0.3) is 0 Å². The van der Waals surface area contributed by atoms with Gasteiger partial charge >= 0.3 is 0 Å². The molecule has 1 unspecified atom stereocenters. The van der Waals surface area contributed by atoms with Crippen molar-refractivity contribution < 1.29 is 9.18 Å². The lowest BCUT2D eigenvalue weighted by atomic mass is 9.99. The van der Waals surface area contributed by atoms with E-state index >= 15 is 0 Å². The summed E-state index contributed by atoms with van der Waals surface area (Å²) in [6.45, 7) is 1.25. The van der Waals surface area contributed by atoms with E-state index in [4.69, 9.17) is 0 Å². The molecule has 3 nitrogen and oxygen atoms in total. The number of carbonyl (C=O) groups excluding carboxylic acids is 1. The Morgan fingerprint density at radius 1 is 0.962 bits per heavy atom. The van der Waals surface area contributed by atoms with E-state index in [1.807, 2.05) is 54.7 Å². The first-order valence-corrected chi connectivity index (χ1v) is 8.67. The van der Waals surface area contributed by atoms with Crippen LogP contribution in [0.3, 0.4) is 0 Å². The van der Waals surface area contributed by atoms with Gasteiger partial charge in [0.15, 0.2) is 0 Å². The highest BCUT2D eigenvalue weighted by Crippen LogP contribution is 2.33. The number of halogens is 1. The van der Waals surface area contributed by atoms with Crippen LogP contribution in [0.2, 0.25) is 0 Å². The molecular formula is C22H19FN2O. The Morgan fingerprint density at radius 3 is 2.54 bits per heavy atom. The summed E-state index contributed by atoms with van der Waals surface area (Å²) < 4.78 is 16.6. The molecule has 2 aromatic carbocycles. The van der Waals surface area contributed by atoms with Crippen molar-refractivity contribution in [3.8, 4) is 0 Å². The van der Waals surface area contributed by atoms with Crippen LogP contribution >= 0.6 is 0 Å². The summed E-state index contributed by atoms with van der Waals surface area (Å²) in [7, 11) is 0. The largest absolute Gasteiger partial charge is 0.348 e. The molecule has 1 atom stereocenters. The second kappa shape index (κ2) is 7.00. The summed E-state index contributed by atoms with van der Waals surface area (Å²) in [6, 6.07) is 19.8. The van der Waals surface area contributed by atoms with Gasteiger partial charge in [-0.2, -0.15) is 0 Å². The van der Waals surface area contributed by atoms with Crippen molar-refractivity contribution in [3.05, 3.63) is 102 Å². The predicted molar refractivity (Wildman–Crippen MR) is 99.9 cm³/mol. The van der Waals surface area contributed by atoms with Crippen molar-refractivity contribution in [1.29, 1.82) is 0 Å². The number of aromatic nitrogens is 1. The summed E-state index contributed by atoms with van der Waals surface area (Å²) in [5, 5.41) is 0. The maximum Gasteiger partial charge on any atom is 0.247 e. The number of benzene rings is 2. The Labute approximate surface area is 152 Å². The Morgan fingerprint density at radius 2 is 1.73 bits per heavy atom. The molecule has 0 bridgehead atoms. The Bertz CT molecular complexity index is 946. The molecule has 1 amide bonds. The maximum atomic E-state index is 14.5. The first-order valence-electron chi connectivity index (χ1n) is 8.67. The SMILES string of the molecule is O=C(C=Cc1ccccc1)N1CCn2cccc2C1c1ccccc1F. The Hall–Kier alpha value is -3.14. The number of hydrogen-bond donors (Lipinski definition) is 0. The van der Waals surface area contributed by atoms with Gasteiger partial charge < -0.3 is 9.47 Å². The normalized spacial score (nSPS) is 16.7. The van der Waals surface area contributed by atoms with Gasteiger partial charge in [0.2, 0.25) is 5.91 Å². The van der Waals surface area contributed by atoms with E-state index in [1.54, 1.807) is 29.2 Å². The molecule has 0 saturated heterocycles. The van der Waals surface area contributed by atoms with Crippen molar-refractivity contribution in [2.24, 2.45) is 0 Å². The highest BCUT2D eigenvalue weighted by Gasteiger charge is 2.32. The molecule has 26 heavy (non-hydrogen) atoms. The topological polar surface area (TPSA) is 25.2 Å². The molecule has 2 heterocycles. The third-order valence-corrected chi connectivity index (χ3v) is 4.74. The van der Waals surface area contributed by atoms with Gasteiger partial charge in [-0.15, -0.1) is 0 Å². The van der Waals surface area contributed by atoms with Gasteiger partial charge in [0.05, 0.1) is 0 Å². The average molecular weight is 346 g/mol. The van der Waals surface area contributed by atoms with Crippen molar-refractivity contribution in [2.75, 3.05) is 6.54 Å². The van der Waals surface area contributed by atoms with E-state index in [2.05, 4.69) is 4.57 Å². The summed E-state index contributed by atoms with van der Waals surface area (Å²) in [4.78, 5) is 14.6. The van der Waals surface area contributed by atoms with E-state index < -0.39 is 6.04 Å². The number of hydrogen-bond acceptors (Lipinski definition) is 1. The zero-order valence-electron chi connectivity index (χ0n) is 14.3. The van der Waals surface area contributed by atoms with E-state index in [1.165, 1.54) is 6.07 Å². The minimum atomic E-state index is -0.423. The number of amides is 1. The van der Waals surface area contributed by atoms with Crippen LogP contribution in [0.1, 0.15) is 22.9 Å². The summed E-state index contributed by atoms with van der Waals surface area (Å²) in [5.74, 6) is -0.411. The van der Waals surface area contributed by atoms with E-state index in [0.717, 1.165) is 11.3 Å². The molecular weight excluding hydrogens is 327 g/mol. The second-order valence-electron chi connectivity index (χ2n) is 6.33. The Balaban J connectivity index is 1.69. The predicted octanol–water partition coefficient (Wildman–Crippen LogP) is 4.27. The van der Waals surface area contributed by atoms with Crippen molar-refractivity contribution >= 4 is 12.0 Å². The molecule has 0 aliphatic carbocycles. The fraction of sp³-hybridized carbons (Fsp3) is 0.136. The van der Waals surface area contributed by atoms with Crippen molar-refractivity contribution in [1.82, 2.24) is 9.47 Å². The molecule has 1 aliphatic heterocycles. The molecule has 4 rings (SSSR count). The molecule has 0 radical (unpaired) electrons. The molecule has 4 heteroatoms. The third kappa shape index (κ3) is 3.06. The summed E-state index contributed by atoms with van der Waals surface area (Å²) in [5.41, 5.74) is 2.42. The maximum absolute atomic E-state index is 14.5. The lowest BCUT2D eigenvalue weighted by molar-refractivity contribution is -0.128. The molecule has 0 spiro atoms. The van der Waals surface area contributed by atoms with Crippen LogP contribution in [-0.2, 0) is 11.3 Å². The molecule has 3 aromatic rings. The molecule has 1 aromatic heterocycles. The van der Waals surface area contributed by atoms with Gasteiger partial charge in [-0.1, -0.05) is 48.5 Å². The fourth-order valence-electron chi connectivity index (χ4n) is 3.47. The molecule has 0 saturated carbocycles. The van der Waals surface area contributed by atoms with Gasteiger partial charge in [-0.3, -0.25) is 4.79 Å². The minimum absolute atomic E-state index is 0.116. The number of carbonyl (C=O) groups is 1. The first kappa shape index (κ1) is 16.3. The summed E-state index contributed by atoms with van der Waals surface area (Å²) >= 11 is 0.